The maximum absolute atomic E-state index is 12.2. The highest BCUT2D eigenvalue weighted by atomic mass is 16.6. The summed E-state index contributed by atoms with van der Waals surface area (Å²) in [4.78, 5) is 48.6. The van der Waals surface area contributed by atoms with Crippen LogP contribution in [0, 0.1) is 23.7 Å². The molecule has 4 atom stereocenters. The Bertz CT molecular complexity index is 1180. The number of esters is 4. The minimum absolute atomic E-state index is 0.272. The molecular weight excluding hydrogens is 456 g/mol. The molecule has 6 aliphatic carbocycles. The molecule has 0 bridgehead atoms. The van der Waals surface area contributed by atoms with Crippen molar-refractivity contribution in [1.82, 2.24) is 0 Å². The van der Waals surface area contributed by atoms with Gasteiger partial charge in [0.05, 0.1) is 23.7 Å². The maximum atomic E-state index is 12.2. The molecule has 2 fully saturated rings. The smallest absolute Gasteiger partial charge is 0.317 e. The topological polar surface area (TPSA) is 86.7 Å². The second kappa shape index (κ2) is 7.27. The van der Waals surface area contributed by atoms with E-state index in [1.807, 2.05) is 0 Å². The number of cyclic esters (lactones) is 4. The molecule has 6 nitrogen and oxygen atoms in total. The Morgan fingerprint density at radius 1 is 0.333 bits per heavy atom. The molecule has 36 heavy (non-hydrogen) atoms. The van der Waals surface area contributed by atoms with Gasteiger partial charge in [0.1, 0.15) is 0 Å². The lowest BCUT2D eigenvalue weighted by Gasteiger charge is -2.39. The SMILES string of the molecule is O=C1OC(=O)[C@H]2CC3=C(CC4=C(CC5=C(C4)CC4=C(C5)CC5=C(C4)C[C@H]4C(=O)OC(=O)[C@@H]4C5)C3)C[C@H]12. The van der Waals surface area contributed by atoms with Crippen LogP contribution in [0.15, 0.2) is 55.7 Å². The first-order valence-electron chi connectivity index (χ1n) is 13.4. The lowest BCUT2D eigenvalue weighted by Crippen LogP contribution is -2.28. The molecule has 0 unspecified atom stereocenters. The first-order valence-corrected chi connectivity index (χ1v) is 13.4. The molecule has 0 radical (unpaired) electrons. The highest BCUT2D eigenvalue weighted by Gasteiger charge is 2.49. The van der Waals surface area contributed by atoms with E-state index in [2.05, 4.69) is 0 Å². The minimum Gasteiger partial charge on any atom is -0.393 e. The summed E-state index contributed by atoms with van der Waals surface area (Å²) in [6.07, 6.45) is 10.7. The van der Waals surface area contributed by atoms with Gasteiger partial charge < -0.3 is 9.47 Å². The van der Waals surface area contributed by atoms with Gasteiger partial charge in [-0.1, -0.05) is 55.7 Å². The minimum atomic E-state index is -0.327. The molecule has 0 saturated carbocycles. The Kier molecular flexibility index (Phi) is 4.26. The Morgan fingerprint density at radius 2 is 0.528 bits per heavy atom. The van der Waals surface area contributed by atoms with Gasteiger partial charge >= 0.3 is 23.9 Å². The van der Waals surface area contributed by atoms with E-state index in [1.165, 1.54) is 44.6 Å². The summed E-state index contributed by atoms with van der Waals surface area (Å²) in [6.45, 7) is 0. The largest absolute Gasteiger partial charge is 0.393 e. The number of hydrogen-bond acceptors (Lipinski definition) is 6. The van der Waals surface area contributed by atoms with Crippen molar-refractivity contribution >= 4 is 23.9 Å². The van der Waals surface area contributed by atoms with Crippen LogP contribution in [0.1, 0.15) is 77.0 Å². The molecule has 8 rings (SSSR count). The number of fused-ring (bicyclic) bond motifs is 2. The molecule has 0 aromatic heterocycles. The first-order chi connectivity index (χ1) is 17.4. The average molecular weight is 485 g/mol. The summed E-state index contributed by atoms with van der Waals surface area (Å²) < 4.78 is 9.92. The van der Waals surface area contributed by atoms with Gasteiger partial charge in [0.15, 0.2) is 0 Å². The molecular formula is C30H28O6. The molecule has 0 N–H and O–H groups in total. The quantitative estimate of drug-likeness (QED) is 0.277. The first kappa shape index (κ1) is 21.1. The molecule has 184 valence electrons. The third-order valence-corrected chi connectivity index (χ3v) is 10.4. The maximum Gasteiger partial charge on any atom is 0.317 e. The second-order valence-corrected chi connectivity index (χ2v) is 12.2. The number of carbonyl (C=O) groups excluding carboxylic acids is 4. The highest BCUT2D eigenvalue weighted by Crippen LogP contribution is 2.54. The fourth-order valence-corrected chi connectivity index (χ4v) is 8.42. The van der Waals surface area contributed by atoms with Crippen molar-refractivity contribution in [2.45, 2.75) is 77.0 Å². The average Bonchev–Trinajstić information content (AvgIpc) is 3.29. The summed E-state index contributed by atoms with van der Waals surface area (Å²) >= 11 is 0. The molecule has 8 aliphatic rings. The van der Waals surface area contributed by atoms with E-state index in [0.717, 1.165) is 51.4 Å². The van der Waals surface area contributed by atoms with Crippen LogP contribution < -0.4 is 0 Å². The molecule has 6 heteroatoms. The van der Waals surface area contributed by atoms with Crippen molar-refractivity contribution in [3.8, 4) is 0 Å². The van der Waals surface area contributed by atoms with Gasteiger partial charge in [-0.05, 0) is 77.0 Å². The number of allylic oxidation sites excluding steroid dienone is 10. The third kappa shape index (κ3) is 2.96. The highest BCUT2D eigenvalue weighted by molar-refractivity contribution is 5.97. The Labute approximate surface area is 209 Å². The van der Waals surface area contributed by atoms with Crippen molar-refractivity contribution < 1.29 is 28.7 Å². The van der Waals surface area contributed by atoms with Crippen LogP contribution in [0.3, 0.4) is 0 Å². The zero-order valence-electron chi connectivity index (χ0n) is 20.2. The molecule has 2 aliphatic heterocycles. The van der Waals surface area contributed by atoms with Crippen LogP contribution in [-0.4, -0.2) is 23.9 Å². The number of ether oxygens (including phenoxy) is 2. The van der Waals surface area contributed by atoms with Crippen LogP contribution in [0.25, 0.3) is 0 Å². The molecule has 0 spiro atoms. The van der Waals surface area contributed by atoms with Crippen LogP contribution in [-0.2, 0) is 28.7 Å². The molecule has 0 aromatic carbocycles. The van der Waals surface area contributed by atoms with Gasteiger partial charge in [-0.3, -0.25) is 19.2 Å². The van der Waals surface area contributed by atoms with Gasteiger partial charge in [0.2, 0.25) is 0 Å². The van der Waals surface area contributed by atoms with Crippen LogP contribution in [0.4, 0.5) is 0 Å². The normalized spacial score (nSPS) is 35.1. The van der Waals surface area contributed by atoms with Crippen LogP contribution in [0.5, 0.6) is 0 Å². The monoisotopic (exact) mass is 484 g/mol. The van der Waals surface area contributed by atoms with Crippen LogP contribution >= 0.6 is 0 Å². The van der Waals surface area contributed by atoms with E-state index < -0.39 is 0 Å². The number of rotatable bonds is 0. The molecule has 0 amide bonds. The predicted molar refractivity (Wildman–Crippen MR) is 127 cm³/mol. The van der Waals surface area contributed by atoms with Gasteiger partial charge in [-0.25, -0.2) is 0 Å². The summed E-state index contributed by atoms with van der Waals surface area (Å²) in [5, 5.41) is 0. The standard InChI is InChI=1S/C30H28O6/c31-27-23-9-19-5-15-1-13-2-17-7-21-11-25-26(30(34)36-29(25)33)12-22(21)8-18(17)4-14(13)3-16(15)6-20(19)10-24(23)28(32)35-27/h23-26H,1-12H2/t23-,24-,25+,26+. The van der Waals surface area contributed by atoms with Gasteiger partial charge in [0, 0.05) is 0 Å². The number of hydrogen-bond donors (Lipinski definition) is 0. The summed E-state index contributed by atoms with van der Waals surface area (Å²) in [5.41, 5.74) is 14.8. The lowest BCUT2D eigenvalue weighted by molar-refractivity contribution is -0.155. The lowest BCUT2D eigenvalue weighted by atomic mass is 9.64. The van der Waals surface area contributed by atoms with Crippen molar-refractivity contribution in [2.75, 3.05) is 0 Å². The summed E-state index contributed by atoms with van der Waals surface area (Å²) in [7, 11) is 0. The van der Waals surface area contributed by atoms with E-state index >= 15 is 0 Å². The molecule has 2 saturated heterocycles. The second-order valence-electron chi connectivity index (χ2n) is 12.2. The summed E-state index contributed by atoms with van der Waals surface area (Å²) in [6, 6.07) is 0. The predicted octanol–water partition coefficient (Wildman–Crippen LogP) is 4.86. The van der Waals surface area contributed by atoms with E-state index in [9.17, 15) is 19.2 Å². The van der Waals surface area contributed by atoms with Gasteiger partial charge in [0.25, 0.3) is 0 Å². The van der Waals surface area contributed by atoms with E-state index in [1.54, 1.807) is 11.1 Å². The summed E-state index contributed by atoms with van der Waals surface area (Å²) in [5.74, 6) is -2.39. The van der Waals surface area contributed by atoms with Gasteiger partial charge in [-0.2, -0.15) is 0 Å². The molecule has 2 heterocycles. The van der Waals surface area contributed by atoms with Crippen molar-refractivity contribution in [3.05, 3.63) is 55.7 Å². The number of carbonyl (C=O) groups is 4. The molecule has 0 aromatic rings. The third-order valence-electron chi connectivity index (χ3n) is 10.4. The van der Waals surface area contributed by atoms with Crippen molar-refractivity contribution in [2.24, 2.45) is 23.7 Å². The Hall–Kier alpha value is -3.02. The Balaban J connectivity index is 0.988. The van der Waals surface area contributed by atoms with Gasteiger partial charge in [-0.15, -0.1) is 0 Å². The van der Waals surface area contributed by atoms with E-state index in [4.69, 9.17) is 9.47 Å². The zero-order chi connectivity index (χ0) is 24.3. The van der Waals surface area contributed by atoms with Crippen molar-refractivity contribution in [3.63, 3.8) is 0 Å². The van der Waals surface area contributed by atoms with Crippen LogP contribution in [0.2, 0.25) is 0 Å². The zero-order valence-corrected chi connectivity index (χ0v) is 20.2. The van der Waals surface area contributed by atoms with E-state index in [-0.39, 0.29) is 47.5 Å². The van der Waals surface area contributed by atoms with E-state index in [0.29, 0.717) is 25.7 Å². The Morgan fingerprint density at radius 3 is 0.750 bits per heavy atom. The fourth-order valence-electron chi connectivity index (χ4n) is 8.42. The van der Waals surface area contributed by atoms with Crippen molar-refractivity contribution in [1.29, 1.82) is 0 Å². The fraction of sp³-hybridized carbons (Fsp3) is 0.533.